The zero-order valence-corrected chi connectivity index (χ0v) is 16.4. The number of hydrogen-bond acceptors (Lipinski definition) is 5. The molecule has 4 nitrogen and oxygen atoms in total. The molecule has 0 amide bonds. The van der Waals surface area contributed by atoms with Gasteiger partial charge in [0.05, 0.1) is 4.90 Å². The maximum absolute atomic E-state index is 12.7. The maximum Gasteiger partial charge on any atom is 0.226 e. The number of halogens is 3. The number of nitrogens with one attached hydrogen (secondary N) is 1. The second-order valence-corrected chi connectivity index (χ2v) is 9.37. The first kappa shape index (κ1) is 18.5. The van der Waals surface area contributed by atoms with Gasteiger partial charge in [-0.15, -0.1) is 0 Å². The fourth-order valence-corrected chi connectivity index (χ4v) is 5.09. The molecule has 0 atom stereocenters. The van der Waals surface area contributed by atoms with Crippen molar-refractivity contribution < 1.29 is 8.42 Å². The quantitative estimate of drug-likeness (QED) is 0.573. The highest BCUT2D eigenvalue weighted by atomic mass is 35.5. The summed E-state index contributed by atoms with van der Waals surface area (Å²) in [7, 11) is -3.80. The van der Waals surface area contributed by atoms with Crippen LogP contribution in [0.5, 0.6) is 0 Å². The van der Waals surface area contributed by atoms with E-state index < -0.39 is 9.84 Å². The SMILES string of the molecule is O=S(=O)(c1ccc(Cl)cc1)c1nc(NCc2ccc(Cl)cc2)sc1Cl. The zero-order chi connectivity index (χ0) is 18.0. The van der Waals surface area contributed by atoms with E-state index in [9.17, 15) is 8.42 Å². The molecule has 0 saturated heterocycles. The number of thiazole rings is 1. The summed E-state index contributed by atoms with van der Waals surface area (Å²) in [5, 5.41) is 4.43. The molecule has 0 saturated carbocycles. The number of sulfone groups is 1. The molecular weight excluding hydrogens is 423 g/mol. The highest BCUT2D eigenvalue weighted by Crippen LogP contribution is 2.34. The van der Waals surface area contributed by atoms with Gasteiger partial charge in [0.25, 0.3) is 0 Å². The van der Waals surface area contributed by atoms with Crippen LogP contribution in [0.1, 0.15) is 5.56 Å². The first-order valence-electron chi connectivity index (χ1n) is 7.01. The van der Waals surface area contributed by atoms with Gasteiger partial charge in [0.1, 0.15) is 4.34 Å². The second-order valence-electron chi connectivity index (χ2n) is 5.04. The first-order valence-corrected chi connectivity index (χ1v) is 10.4. The third-order valence-corrected chi connectivity index (χ3v) is 6.95. The number of anilines is 1. The van der Waals surface area contributed by atoms with Crippen LogP contribution in [-0.4, -0.2) is 13.4 Å². The van der Waals surface area contributed by atoms with Crippen LogP contribution in [0.2, 0.25) is 14.4 Å². The summed E-state index contributed by atoms with van der Waals surface area (Å²) >= 11 is 18.8. The van der Waals surface area contributed by atoms with Crippen molar-refractivity contribution in [3.05, 3.63) is 68.5 Å². The molecule has 9 heteroatoms. The lowest BCUT2D eigenvalue weighted by Gasteiger charge is -2.03. The topological polar surface area (TPSA) is 59.1 Å². The molecule has 25 heavy (non-hydrogen) atoms. The second kappa shape index (κ2) is 7.51. The van der Waals surface area contributed by atoms with E-state index in [0.717, 1.165) is 16.9 Å². The van der Waals surface area contributed by atoms with Crippen molar-refractivity contribution >= 4 is 61.1 Å². The monoisotopic (exact) mass is 432 g/mol. The third-order valence-electron chi connectivity index (χ3n) is 3.29. The molecule has 0 unspecified atom stereocenters. The summed E-state index contributed by atoms with van der Waals surface area (Å²) in [6, 6.07) is 13.2. The van der Waals surface area contributed by atoms with E-state index in [4.69, 9.17) is 34.8 Å². The molecule has 1 heterocycles. The maximum atomic E-state index is 12.7. The number of nitrogens with zero attached hydrogens (tertiary/aromatic N) is 1. The Morgan fingerprint density at radius 1 is 0.920 bits per heavy atom. The summed E-state index contributed by atoms with van der Waals surface area (Å²) in [6.45, 7) is 0.474. The smallest absolute Gasteiger partial charge is 0.226 e. The molecule has 0 spiro atoms. The lowest BCUT2D eigenvalue weighted by atomic mass is 10.2. The van der Waals surface area contributed by atoms with Crippen molar-refractivity contribution in [1.29, 1.82) is 0 Å². The summed E-state index contributed by atoms with van der Waals surface area (Å²) in [6.07, 6.45) is 0. The van der Waals surface area contributed by atoms with Crippen molar-refractivity contribution in [2.24, 2.45) is 0 Å². The molecule has 0 aliphatic carbocycles. The van der Waals surface area contributed by atoms with Gasteiger partial charge in [-0.3, -0.25) is 0 Å². The van der Waals surface area contributed by atoms with Gasteiger partial charge in [-0.2, -0.15) is 0 Å². The molecule has 0 aliphatic heterocycles. The predicted molar refractivity (Wildman–Crippen MR) is 103 cm³/mol. The summed E-state index contributed by atoms with van der Waals surface area (Å²) in [5.74, 6) is 0. The summed E-state index contributed by atoms with van der Waals surface area (Å²) in [5.41, 5.74) is 0.984. The van der Waals surface area contributed by atoms with E-state index >= 15 is 0 Å². The van der Waals surface area contributed by atoms with Crippen molar-refractivity contribution in [1.82, 2.24) is 4.98 Å². The Hall–Kier alpha value is -1.31. The van der Waals surface area contributed by atoms with Crippen molar-refractivity contribution in [3.63, 3.8) is 0 Å². The fraction of sp³-hybridized carbons (Fsp3) is 0.0625. The highest BCUT2D eigenvalue weighted by molar-refractivity contribution is 7.91. The molecule has 2 aromatic carbocycles. The van der Waals surface area contributed by atoms with Gasteiger partial charge in [-0.1, -0.05) is 58.3 Å². The Labute approximate surface area is 164 Å². The first-order chi connectivity index (χ1) is 11.9. The van der Waals surface area contributed by atoms with Gasteiger partial charge in [0.15, 0.2) is 10.2 Å². The van der Waals surface area contributed by atoms with Gasteiger partial charge in [0.2, 0.25) is 9.84 Å². The Morgan fingerprint density at radius 2 is 1.48 bits per heavy atom. The van der Waals surface area contributed by atoms with Gasteiger partial charge >= 0.3 is 0 Å². The third kappa shape index (κ3) is 4.27. The number of benzene rings is 2. The van der Waals surface area contributed by atoms with E-state index in [0.29, 0.717) is 21.7 Å². The van der Waals surface area contributed by atoms with Crippen LogP contribution in [0.3, 0.4) is 0 Å². The van der Waals surface area contributed by atoms with Crippen LogP contribution < -0.4 is 5.32 Å². The Bertz CT molecular complexity index is 985. The van der Waals surface area contributed by atoms with E-state index in [1.807, 2.05) is 12.1 Å². The Morgan fingerprint density at radius 3 is 2.08 bits per heavy atom. The Kier molecular flexibility index (Phi) is 5.55. The molecule has 0 bridgehead atoms. The fourth-order valence-electron chi connectivity index (χ4n) is 2.03. The van der Waals surface area contributed by atoms with Gasteiger partial charge in [-0.05, 0) is 42.0 Å². The molecule has 130 valence electrons. The van der Waals surface area contributed by atoms with Crippen molar-refractivity contribution in [2.75, 3.05) is 5.32 Å². The minimum absolute atomic E-state index is 0.0911. The van der Waals surface area contributed by atoms with Crippen LogP contribution in [0.15, 0.2) is 58.5 Å². The molecule has 1 N–H and O–H groups in total. The van der Waals surface area contributed by atoms with Crippen LogP contribution in [0, 0.1) is 0 Å². The van der Waals surface area contributed by atoms with E-state index in [1.54, 1.807) is 12.1 Å². The highest BCUT2D eigenvalue weighted by Gasteiger charge is 2.25. The Balaban J connectivity index is 1.82. The lowest BCUT2D eigenvalue weighted by molar-refractivity contribution is 0.593. The molecule has 3 aromatic rings. The predicted octanol–water partition coefficient (Wildman–Crippen LogP) is 5.55. The van der Waals surface area contributed by atoms with Crippen LogP contribution in [-0.2, 0) is 16.4 Å². The molecular formula is C16H11Cl3N2O2S2. The average molecular weight is 434 g/mol. The molecule has 1 aromatic heterocycles. The summed E-state index contributed by atoms with van der Waals surface area (Å²) < 4.78 is 25.4. The van der Waals surface area contributed by atoms with E-state index in [2.05, 4.69) is 10.3 Å². The van der Waals surface area contributed by atoms with Gasteiger partial charge < -0.3 is 5.32 Å². The standard InChI is InChI=1S/C16H11Cl3N2O2S2/c17-11-3-1-10(2-4-11)9-20-16-21-15(14(19)24-16)25(22,23)13-7-5-12(18)6-8-13/h1-8H,9H2,(H,20,21). The van der Waals surface area contributed by atoms with Crippen LogP contribution in [0.25, 0.3) is 0 Å². The lowest BCUT2D eigenvalue weighted by Crippen LogP contribution is -2.04. The largest absolute Gasteiger partial charge is 0.357 e. The molecule has 0 fully saturated rings. The van der Waals surface area contributed by atoms with Crippen molar-refractivity contribution in [2.45, 2.75) is 16.5 Å². The molecule has 0 aliphatic rings. The minimum Gasteiger partial charge on any atom is -0.357 e. The minimum atomic E-state index is -3.80. The molecule has 3 rings (SSSR count). The number of aromatic nitrogens is 1. The van der Waals surface area contributed by atoms with Crippen LogP contribution in [0.4, 0.5) is 5.13 Å². The van der Waals surface area contributed by atoms with E-state index in [1.165, 1.54) is 24.3 Å². The zero-order valence-electron chi connectivity index (χ0n) is 12.5. The van der Waals surface area contributed by atoms with Gasteiger partial charge in [0, 0.05) is 16.6 Å². The van der Waals surface area contributed by atoms with Crippen molar-refractivity contribution in [3.8, 4) is 0 Å². The number of hydrogen-bond donors (Lipinski definition) is 1. The number of rotatable bonds is 5. The summed E-state index contributed by atoms with van der Waals surface area (Å²) in [4.78, 5) is 4.23. The molecule has 0 radical (unpaired) electrons. The van der Waals surface area contributed by atoms with Gasteiger partial charge in [-0.25, -0.2) is 13.4 Å². The van der Waals surface area contributed by atoms with Crippen LogP contribution >= 0.6 is 46.1 Å². The van der Waals surface area contributed by atoms with E-state index in [-0.39, 0.29) is 14.3 Å². The average Bonchev–Trinajstić information content (AvgIpc) is 2.96. The normalized spacial score (nSPS) is 11.5.